The maximum Gasteiger partial charge on any atom is 0.314 e. The lowest BCUT2D eigenvalue weighted by molar-refractivity contribution is -0.136. The van der Waals surface area contributed by atoms with Crippen molar-refractivity contribution < 1.29 is 18.0 Å². The van der Waals surface area contributed by atoms with E-state index in [9.17, 15) is 18.0 Å². The van der Waals surface area contributed by atoms with Gasteiger partial charge in [-0.3, -0.25) is 9.59 Å². The molecule has 150 valence electrons. The molecule has 2 aromatic rings. The van der Waals surface area contributed by atoms with Crippen LogP contribution in [0.15, 0.2) is 18.2 Å². The molecule has 0 saturated carbocycles. The average molecular weight is 404 g/mol. The Morgan fingerprint density at radius 1 is 1.21 bits per heavy atom. The topological polar surface area (TPSA) is 110 Å². The summed E-state index contributed by atoms with van der Waals surface area (Å²) in [4.78, 5) is 24.6. The first-order valence-electron chi connectivity index (χ1n) is 9.12. The Hall–Kier alpha value is -2.68. The van der Waals surface area contributed by atoms with Crippen LogP contribution in [-0.2, 0) is 30.9 Å². The van der Waals surface area contributed by atoms with Crippen LogP contribution in [0.4, 0.5) is 5.82 Å². The number of aryl methyl sites for hydroxylation is 2. The Kier molecular flexibility index (Phi) is 5.29. The van der Waals surface area contributed by atoms with Gasteiger partial charge in [-0.15, -0.1) is 0 Å². The fourth-order valence-electron chi connectivity index (χ4n) is 3.14. The molecule has 1 aliphatic heterocycles. The zero-order chi connectivity index (χ0) is 20.6. The van der Waals surface area contributed by atoms with Crippen molar-refractivity contribution in [2.75, 3.05) is 5.32 Å². The molecule has 3 rings (SSSR count). The van der Waals surface area contributed by atoms with E-state index in [1.165, 1.54) is 4.68 Å². The molecule has 0 fully saturated rings. The van der Waals surface area contributed by atoms with Gasteiger partial charge in [0.1, 0.15) is 5.82 Å². The molecule has 8 nitrogen and oxygen atoms in total. The maximum atomic E-state index is 12.4. The molecule has 9 heteroatoms. The van der Waals surface area contributed by atoms with Crippen molar-refractivity contribution in [3.05, 3.63) is 40.6 Å². The van der Waals surface area contributed by atoms with Crippen LogP contribution < -0.4 is 10.6 Å². The van der Waals surface area contributed by atoms with Crippen LogP contribution >= 0.6 is 0 Å². The van der Waals surface area contributed by atoms with Crippen molar-refractivity contribution >= 4 is 27.5 Å². The average Bonchev–Trinajstić information content (AvgIpc) is 3.07. The van der Waals surface area contributed by atoms with E-state index >= 15 is 0 Å². The Bertz CT molecular complexity index is 1060. The normalized spacial score (nSPS) is 15.7. The molecule has 1 atom stereocenters. The molecule has 2 N–H and O–H groups in total. The van der Waals surface area contributed by atoms with Gasteiger partial charge in [0.05, 0.1) is 22.9 Å². The quantitative estimate of drug-likeness (QED) is 0.755. The van der Waals surface area contributed by atoms with E-state index < -0.39 is 21.7 Å². The molecule has 0 aliphatic carbocycles. The van der Waals surface area contributed by atoms with Crippen molar-refractivity contribution in [1.29, 1.82) is 0 Å². The van der Waals surface area contributed by atoms with E-state index in [4.69, 9.17) is 0 Å². The molecular weight excluding hydrogens is 380 g/mol. The summed E-state index contributed by atoms with van der Waals surface area (Å²) >= 11 is 0. The van der Waals surface area contributed by atoms with Gasteiger partial charge in [-0.1, -0.05) is 24.6 Å². The first-order chi connectivity index (χ1) is 13.1. The number of carbonyl (C=O) groups excluding carboxylic acids is 2. The molecule has 1 aliphatic rings. The van der Waals surface area contributed by atoms with Crippen LogP contribution in [0.1, 0.15) is 42.7 Å². The number of benzene rings is 1. The van der Waals surface area contributed by atoms with Gasteiger partial charge in [-0.2, -0.15) is 5.10 Å². The molecule has 0 spiro atoms. The second-order valence-electron chi connectivity index (χ2n) is 7.24. The van der Waals surface area contributed by atoms with Gasteiger partial charge in [0.2, 0.25) is 0 Å². The standard InChI is InChI=1S/C19H24N4O4S/c1-5-13(4)20-18(24)19(25)21-17-14-9-28(26,27)10-15(14)22-23(17)16-7-6-11(2)8-12(16)3/h6-8,13H,5,9-10H2,1-4H3,(H,20,24)(H,21,25). The zero-order valence-electron chi connectivity index (χ0n) is 16.4. The summed E-state index contributed by atoms with van der Waals surface area (Å²) < 4.78 is 25.6. The maximum absolute atomic E-state index is 12.4. The van der Waals surface area contributed by atoms with Crippen LogP contribution in [0.25, 0.3) is 5.69 Å². The number of hydrogen-bond acceptors (Lipinski definition) is 5. The number of carbonyl (C=O) groups is 2. The molecule has 28 heavy (non-hydrogen) atoms. The monoisotopic (exact) mass is 404 g/mol. The first-order valence-corrected chi connectivity index (χ1v) is 10.9. The third kappa shape index (κ3) is 3.94. The summed E-state index contributed by atoms with van der Waals surface area (Å²) in [5.41, 5.74) is 3.54. The molecule has 2 amide bonds. The van der Waals surface area contributed by atoms with Crippen LogP contribution in [0.2, 0.25) is 0 Å². The van der Waals surface area contributed by atoms with Crippen LogP contribution in [0.3, 0.4) is 0 Å². The van der Waals surface area contributed by atoms with E-state index in [0.717, 1.165) is 16.8 Å². The van der Waals surface area contributed by atoms with Crippen molar-refractivity contribution in [1.82, 2.24) is 15.1 Å². The summed E-state index contributed by atoms with van der Waals surface area (Å²) in [5, 5.41) is 9.62. The second kappa shape index (κ2) is 7.38. The van der Waals surface area contributed by atoms with Gasteiger partial charge in [0, 0.05) is 11.6 Å². The first kappa shape index (κ1) is 20.1. The van der Waals surface area contributed by atoms with Gasteiger partial charge < -0.3 is 10.6 Å². The smallest absolute Gasteiger partial charge is 0.314 e. The fourth-order valence-corrected chi connectivity index (χ4v) is 4.64. The molecule has 0 saturated heterocycles. The van der Waals surface area contributed by atoms with E-state index in [1.807, 2.05) is 39.0 Å². The van der Waals surface area contributed by atoms with Crippen molar-refractivity contribution in [3.8, 4) is 5.69 Å². The third-order valence-electron chi connectivity index (χ3n) is 4.80. The number of hydrogen-bond donors (Lipinski definition) is 2. The summed E-state index contributed by atoms with van der Waals surface area (Å²) in [6.45, 7) is 7.58. The highest BCUT2D eigenvalue weighted by molar-refractivity contribution is 7.90. The highest BCUT2D eigenvalue weighted by Crippen LogP contribution is 2.33. The summed E-state index contributed by atoms with van der Waals surface area (Å²) in [6.07, 6.45) is 0.688. The Balaban J connectivity index is 2.01. The van der Waals surface area contributed by atoms with Crippen LogP contribution in [0.5, 0.6) is 0 Å². The van der Waals surface area contributed by atoms with Gasteiger partial charge in [0.25, 0.3) is 0 Å². The zero-order valence-corrected chi connectivity index (χ0v) is 17.2. The SMILES string of the molecule is CCC(C)NC(=O)C(=O)Nc1c2c(nn1-c1ccc(C)cc1C)CS(=O)(=O)C2. The number of fused-ring (bicyclic) bond motifs is 1. The lowest BCUT2D eigenvalue weighted by Gasteiger charge is -2.14. The number of nitrogens with zero attached hydrogens (tertiary/aromatic N) is 2. The summed E-state index contributed by atoms with van der Waals surface area (Å²) in [5.74, 6) is -1.78. The van der Waals surface area contributed by atoms with Crippen molar-refractivity contribution in [3.63, 3.8) is 0 Å². The highest BCUT2D eigenvalue weighted by Gasteiger charge is 2.34. The lowest BCUT2D eigenvalue weighted by Crippen LogP contribution is -2.40. The Morgan fingerprint density at radius 3 is 2.57 bits per heavy atom. The third-order valence-corrected chi connectivity index (χ3v) is 6.24. The van der Waals surface area contributed by atoms with Crippen molar-refractivity contribution in [2.24, 2.45) is 0 Å². The van der Waals surface area contributed by atoms with Gasteiger partial charge >= 0.3 is 11.8 Å². The van der Waals surface area contributed by atoms with E-state index in [-0.39, 0.29) is 23.4 Å². The number of amides is 2. The molecule has 1 unspecified atom stereocenters. The fraction of sp³-hybridized carbons (Fsp3) is 0.421. The minimum atomic E-state index is -3.31. The van der Waals surface area contributed by atoms with E-state index in [1.54, 1.807) is 6.92 Å². The minimum absolute atomic E-state index is 0.145. The Morgan fingerprint density at radius 2 is 1.93 bits per heavy atom. The molecule has 1 aromatic heterocycles. The number of rotatable bonds is 4. The van der Waals surface area contributed by atoms with Crippen molar-refractivity contribution in [2.45, 2.75) is 51.7 Å². The predicted octanol–water partition coefficient (Wildman–Crippen LogP) is 1.77. The van der Waals surface area contributed by atoms with Gasteiger partial charge in [0.15, 0.2) is 9.84 Å². The minimum Gasteiger partial charge on any atom is -0.345 e. The van der Waals surface area contributed by atoms with Gasteiger partial charge in [-0.05, 0) is 38.8 Å². The largest absolute Gasteiger partial charge is 0.345 e. The summed E-state index contributed by atoms with van der Waals surface area (Å²) in [6, 6.07) is 5.59. The molecule has 0 radical (unpaired) electrons. The summed E-state index contributed by atoms with van der Waals surface area (Å²) in [7, 11) is -3.31. The van der Waals surface area contributed by atoms with Gasteiger partial charge in [-0.25, -0.2) is 13.1 Å². The highest BCUT2D eigenvalue weighted by atomic mass is 32.2. The lowest BCUT2D eigenvalue weighted by atomic mass is 10.1. The molecule has 1 aromatic carbocycles. The number of nitrogens with one attached hydrogen (secondary N) is 2. The van der Waals surface area contributed by atoms with Crippen LogP contribution in [0, 0.1) is 13.8 Å². The molecular formula is C19H24N4O4S. The number of aromatic nitrogens is 2. The second-order valence-corrected chi connectivity index (χ2v) is 9.31. The predicted molar refractivity (Wildman–Crippen MR) is 106 cm³/mol. The van der Waals surface area contributed by atoms with Crippen LogP contribution in [-0.4, -0.2) is 36.1 Å². The Labute approximate surface area is 164 Å². The number of anilines is 1. The number of sulfone groups is 1. The molecule has 2 heterocycles. The van der Waals surface area contributed by atoms with E-state index in [2.05, 4.69) is 15.7 Å². The van der Waals surface area contributed by atoms with E-state index in [0.29, 0.717) is 17.7 Å². The molecule has 0 bridgehead atoms.